The Bertz CT molecular complexity index is 1120. The van der Waals surface area contributed by atoms with Crippen LogP contribution >= 0.6 is 0 Å². The Labute approximate surface area is 223 Å². The average Bonchev–Trinajstić information content (AvgIpc) is 3.42. The van der Waals surface area contributed by atoms with E-state index in [1.807, 2.05) is 0 Å². The van der Waals surface area contributed by atoms with Gasteiger partial charge in [-0.3, -0.25) is 14.4 Å². The number of nitrogens with zero attached hydrogens (tertiary/aromatic N) is 3. The fourth-order valence-electron chi connectivity index (χ4n) is 5.06. The summed E-state index contributed by atoms with van der Waals surface area (Å²) in [7, 11) is 4.70. The molecule has 10 nitrogen and oxygen atoms in total. The van der Waals surface area contributed by atoms with E-state index >= 15 is 0 Å². The highest BCUT2D eigenvalue weighted by Crippen LogP contribution is 2.28. The summed E-state index contributed by atoms with van der Waals surface area (Å²) in [5, 5.41) is 3.26. The van der Waals surface area contributed by atoms with Crippen molar-refractivity contribution in [2.75, 3.05) is 67.2 Å². The van der Waals surface area contributed by atoms with Crippen LogP contribution in [0.5, 0.6) is 11.5 Å². The topological polar surface area (TPSA) is 101 Å². The first-order valence-electron chi connectivity index (χ1n) is 12.8. The van der Waals surface area contributed by atoms with Crippen molar-refractivity contribution in [3.05, 3.63) is 59.7 Å². The number of carbonyl (C=O) groups excluding carboxylic acids is 3. The molecule has 1 N–H and O–H groups in total. The fraction of sp³-hybridized carbons (Fsp3) is 0.464. The summed E-state index contributed by atoms with van der Waals surface area (Å²) in [6, 6.07) is 12.8. The lowest BCUT2D eigenvalue weighted by atomic mass is 10.1. The zero-order valence-corrected chi connectivity index (χ0v) is 22.2. The third-order valence-electron chi connectivity index (χ3n) is 7.15. The van der Waals surface area contributed by atoms with E-state index in [1.54, 1.807) is 84.6 Å². The standard InChI is InChI=1S/C28H36N4O6/c1-36-16-15-31(26(33)20-7-9-23(37-2)10-8-20)22-18-25(28(35)30-13-11-29-12-14-30)32(19-22)27(34)21-5-4-6-24(17-21)38-3/h4-10,17,22,25,29H,11-16,18-19H2,1-3H3. The second-order valence-electron chi connectivity index (χ2n) is 9.39. The molecular weight excluding hydrogens is 488 g/mol. The van der Waals surface area contributed by atoms with Crippen LogP contribution in [0, 0.1) is 0 Å². The second-order valence-corrected chi connectivity index (χ2v) is 9.39. The van der Waals surface area contributed by atoms with Crippen molar-refractivity contribution < 1.29 is 28.6 Å². The molecule has 2 heterocycles. The Balaban J connectivity index is 1.63. The Morgan fingerprint density at radius 3 is 2.32 bits per heavy atom. The molecule has 0 aliphatic carbocycles. The molecule has 2 fully saturated rings. The first kappa shape index (κ1) is 27.4. The minimum Gasteiger partial charge on any atom is -0.497 e. The molecule has 10 heteroatoms. The Hall–Kier alpha value is -3.63. The molecule has 204 valence electrons. The summed E-state index contributed by atoms with van der Waals surface area (Å²) in [4.78, 5) is 46.2. The number of piperazine rings is 1. The molecule has 0 saturated carbocycles. The molecule has 2 aromatic rings. The van der Waals surface area contributed by atoms with Crippen molar-refractivity contribution in [1.29, 1.82) is 0 Å². The van der Waals surface area contributed by atoms with Gasteiger partial charge in [-0.1, -0.05) is 6.07 Å². The van der Waals surface area contributed by atoms with Gasteiger partial charge in [-0.15, -0.1) is 0 Å². The third kappa shape index (κ3) is 6.08. The first-order chi connectivity index (χ1) is 18.5. The summed E-state index contributed by atoms with van der Waals surface area (Å²) < 4.78 is 15.8. The van der Waals surface area contributed by atoms with Gasteiger partial charge in [-0.25, -0.2) is 0 Å². The van der Waals surface area contributed by atoms with Gasteiger partial charge >= 0.3 is 0 Å². The molecule has 0 spiro atoms. The van der Waals surface area contributed by atoms with E-state index in [1.165, 1.54) is 0 Å². The highest BCUT2D eigenvalue weighted by atomic mass is 16.5. The molecule has 2 aliphatic rings. The van der Waals surface area contributed by atoms with E-state index in [-0.39, 0.29) is 30.3 Å². The maximum Gasteiger partial charge on any atom is 0.254 e. The molecule has 0 bridgehead atoms. The van der Waals surface area contributed by atoms with Gasteiger partial charge in [0.1, 0.15) is 17.5 Å². The number of methoxy groups -OCH3 is 3. The summed E-state index contributed by atoms with van der Waals surface area (Å²) in [5.41, 5.74) is 0.942. The van der Waals surface area contributed by atoms with Crippen LogP contribution in [0.25, 0.3) is 0 Å². The molecular formula is C28H36N4O6. The van der Waals surface area contributed by atoms with Crippen molar-refractivity contribution in [3.63, 3.8) is 0 Å². The van der Waals surface area contributed by atoms with Crippen molar-refractivity contribution >= 4 is 17.7 Å². The molecule has 3 amide bonds. The van der Waals surface area contributed by atoms with Gasteiger partial charge in [0.25, 0.3) is 11.8 Å². The molecule has 0 aromatic heterocycles. The van der Waals surface area contributed by atoms with Crippen LogP contribution in [-0.4, -0.2) is 112 Å². The summed E-state index contributed by atoms with van der Waals surface area (Å²) in [6.45, 7) is 3.49. The van der Waals surface area contributed by atoms with Crippen molar-refractivity contribution in [3.8, 4) is 11.5 Å². The van der Waals surface area contributed by atoms with Crippen LogP contribution < -0.4 is 14.8 Å². The number of likely N-dealkylation sites (tertiary alicyclic amines) is 1. The molecule has 2 aliphatic heterocycles. The number of nitrogens with one attached hydrogen (secondary N) is 1. The van der Waals surface area contributed by atoms with Crippen LogP contribution in [0.4, 0.5) is 0 Å². The highest BCUT2D eigenvalue weighted by molar-refractivity contribution is 5.99. The number of carbonyl (C=O) groups is 3. The first-order valence-corrected chi connectivity index (χ1v) is 12.8. The Kier molecular flexibility index (Phi) is 9.19. The van der Waals surface area contributed by atoms with E-state index in [2.05, 4.69) is 5.32 Å². The lowest BCUT2D eigenvalue weighted by Crippen LogP contribution is -2.53. The minimum absolute atomic E-state index is 0.0890. The number of benzene rings is 2. The molecule has 2 unspecified atom stereocenters. The van der Waals surface area contributed by atoms with Gasteiger partial charge in [-0.2, -0.15) is 0 Å². The average molecular weight is 525 g/mol. The number of hydrogen-bond acceptors (Lipinski definition) is 7. The predicted molar refractivity (Wildman–Crippen MR) is 142 cm³/mol. The van der Waals surface area contributed by atoms with Gasteiger partial charge < -0.3 is 34.2 Å². The number of amides is 3. The zero-order valence-electron chi connectivity index (χ0n) is 22.2. The highest BCUT2D eigenvalue weighted by Gasteiger charge is 2.44. The third-order valence-corrected chi connectivity index (χ3v) is 7.15. The zero-order chi connectivity index (χ0) is 27.1. The summed E-state index contributed by atoms with van der Waals surface area (Å²) >= 11 is 0. The molecule has 2 aromatic carbocycles. The molecule has 0 radical (unpaired) electrons. The van der Waals surface area contributed by atoms with Gasteiger partial charge in [0, 0.05) is 57.5 Å². The van der Waals surface area contributed by atoms with Crippen molar-refractivity contribution in [2.45, 2.75) is 18.5 Å². The maximum atomic E-state index is 13.8. The molecule has 2 atom stereocenters. The van der Waals surface area contributed by atoms with Gasteiger partial charge in [0.15, 0.2) is 0 Å². The van der Waals surface area contributed by atoms with Gasteiger partial charge in [0.2, 0.25) is 5.91 Å². The monoisotopic (exact) mass is 524 g/mol. The van der Waals surface area contributed by atoms with E-state index in [0.717, 1.165) is 0 Å². The van der Waals surface area contributed by atoms with E-state index < -0.39 is 6.04 Å². The quantitative estimate of drug-likeness (QED) is 0.531. The minimum atomic E-state index is -0.675. The largest absolute Gasteiger partial charge is 0.497 e. The maximum absolute atomic E-state index is 13.8. The molecule has 2 saturated heterocycles. The summed E-state index contributed by atoms with van der Waals surface area (Å²) in [6.07, 6.45) is 0.351. The summed E-state index contributed by atoms with van der Waals surface area (Å²) in [5.74, 6) is 0.687. The van der Waals surface area contributed by atoms with Gasteiger partial charge in [-0.05, 0) is 48.9 Å². The molecule has 4 rings (SSSR count). The van der Waals surface area contributed by atoms with E-state index in [9.17, 15) is 14.4 Å². The Morgan fingerprint density at radius 2 is 1.66 bits per heavy atom. The second kappa shape index (κ2) is 12.7. The fourth-order valence-corrected chi connectivity index (χ4v) is 5.06. The predicted octanol–water partition coefficient (Wildman–Crippen LogP) is 1.51. The lowest BCUT2D eigenvalue weighted by Gasteiger charge is -2.32. The van der Waals surface area contributed by atoms with E-state index in [4.69, 9.17) is 14.2 Å². The Morgan fingerprint density at radius 1 is 0.947 bits per heavy atom. The number of hydrogen-bond donors (Lipinski definition) is 1. The van der Waals surface area contributed by atoms with Gasteiger partial charge in [0.05, 0.1) is 26.9 Å². The van der Waals surface area contributed by atoms with Crippen molar-refractivity contribution in [1.82, 2.24) is 20.0 Å². The van der Waals surface area contributed by atoms with Crippen LogP contribution in [0.15, 0.2) is 48.5 Å². The SMILES string of the molecule is COCCN(C(=O)c1ccc(OC)cc1)C1CC(C(=O)N2CCNCC2)N(C(=O)c2cccc(OC)c2)C1. The lowest BCUT2D eigenvalue weighted by molar-refractivity contribution is -0.135. The van der Waals surface area contributed by atoms with Crippen molar-refractivity contribution in [2.24, 2.45) is 0 Å². The van der Waals surface area contributed by atoms with Crippen LogP contribution in [0.1, 0.15) is 27.1 Å². The van der Waals surface area contributed by atoms with Crippen LogP contribution in [-0.2, 0) is 9.53 Å². The van der Waals surface area contributed by atoms with Crippen LogP contribution in [0.3, 0.4) is 0 Å². The number of rotatable bonds is 9. The smallest absolute Gasteiger partial charge is 0.254 e. The normalized spacial score (nSPS) is 19.2. The number of ether oxygens (including phenoxy) is 3. The van der Waals surface area contributed by atoms with Crippen LogP contribution in [0.2, 0.25) is 0 Å². The molecule has 38 heavy (non-hydrogen) atoms. The van der Waals surface area contributed by atoms with E-state index in [0.29, 0.717) is 68.4 Å².